The molecule has 0 aromatic heterocycles. The van der Waals surface area contributed by atoms with E-state index in [0.29, 0.717) is 25.9 Å². The van der Waals surface area contributed by atoms with Crippen LogP contribution in [0.2, 0.25) is 0 Å². The molecule has 1 saturated carbocycles. The fraction of sp³-hybridized carbons (Fsp3) is 0.444. The summed E-state index contributed by atoms with van der Waals surface area (Å²) in [5, 5.41) is 15.1. The van der Waals surface area contributed by atoms with E-state index in [4.69, 9.17) is 9.47 Å². The van der Waals surface area contributed by atoms with Gasteiger partial charge in [0.25, 0.3) is 5.91 Å². The Morgan fingerprint density at radius 3 is 2.23 bits per heavy atom. The molecule has 2 fully saturated rings. The van der Waals surface area contributed by atoms with Crippen molar-refractivity contribution in [1.29, 1.82) is 0 Å². The number of rotatable bonds is 6. The van der Waals surface area contributed by atoms with Gasteiger partial charge < -0.3 is 25.2 Å². The summed E-state index contributed by atoms with van der Waals surface area (Å²) in [6, 6.07) is 15.3. The van der Waals surface area contributed by atoms with E-state index >= 15 is 0 Å². The van der Waals surface area contributed by atoms with Crippen molar-refractivity contribution in [2.45, 2.75) is 56.2 Å². The molecule has 2 amide bonds. The lowest BCUT2D eigenvalue weighted by atomic mass is 9.84. The van der Waals surface area contributed by atoms with Crippen LogP contribution in [-0.2, 0) is 19.1 Å². The summed E-state index contributed by atoms with van der Waals surface area (Å²) in [7, 11) is 0. The molecule has 35 heavy (non-hydrogen) atoms. The summed E-state index contributed by atoms with van der Waals surface area (Å²) in [6.07, 6.45) is 1.91. The van der Waals surface area contributed by atoms with Crippen LogP contribution in [0, 0.1) is 5.92 Å². The van der Waals surface area contributed by atoms with E-state index in [9.17, 15) is 19.5 Å². The zero-order valence-corrected chi connectivity index (χ0v) is 19.4. The molecule has 2 aromatic carbocycles. The van der Waals surface area contributed by atoms with Crippen molar-refractivity contribution in [2.75, 3.05) is 13.2 Å². The average molecular weight is 479 g/mol. The SMILES string of the molecule is O=C(N[C@@H]1CCO[C@@H]1C(=O)NC1CCCCC1C(=O)O)OCC1c2ccccc2-c2ccccc21. The Bertz CT molecular complexity index is 1070. The topological polar surface area (TPSA) is 114 Å². The molecule has 5 rings (SSSR count). The van der Waals surface area contributed by atoms with E-state index in [1.807, 2.05) is 24.3 Å². The van der Waals surface area contributed by atoms with Gasteiger partial charge in [-0.25, -0.2) is 4.79 Å². The number of carbonyl (C=O) groups excluding carboxylic acids is 2. The average Bonchev–Trinajstić information content (AvgIpc) is 3.45. The fourth-order valence-electron chi connectivity index (χ4n) is 5.65. The lowest BCUT2D eigenvalue weighted by Gasteiger charge is -2.30. The minimum Gasteiger partial charge on any atom is -0.481 e. The summed E-state index contributed by atoms with van der Waals surface area (Å²) in [4.78, 5) is 37.1. The monoisotopic (exact) mass is 478 g/mol. The van der Waals surface area contributed by atoms with Gasteiger partial charge in [0.05, 0.1) is 12.0 Å². The largest absolute Gasteiger partial charge is 0.481 e. The number of amides is 2. The van der Waals surface area contributed by atoms with Crippen LogP contribution in [0.4, 0.5) is 4.79 Å². The molecule has 4 atom stereocenters. The fourth-order valence-corrected chi connectivity index (χ4v) is 5.65. The van der Waals surface area contributed by atoms with Crippen LogP contribution >= 0.6 is 0 Å². The second kappa shape index (κ2) is 10.1. The van der Waals surface area contributed by atoms with Crippen LogP contribution in [0.15, 0.2) is 48.5 Å². The quantitative estimate of drug-likeness (QED) is 0.586. The van der Waals surface area contributed by atoms with Gasteiger partial charge in [0.2, 0.25) is 0 Å². The van der Waals surface area contributed by atoms with Gasteiger partial charge in [-0.1, -0.05) is 61.4 Å². The number of carbonyl (C=O) groups is 3. The Balaban J connectivity index is 1.19. The summed E-state index contributed by atoms with van der Waals surface area (Å²) in [5.74, 6) is -1.92. The van der Waals surface area contributed by atoms with E-state index < -0.39 is 36.2 Å². The normalized spacial score (nSPS) is 25.4. The first-order valence-corrected chi connectivity index (χ1v) is 12.3. The Morgan fingerprint density at radius 1 is 0.886 bits per heavy atom. The molecular formula is C27H30N2O6. The molecular weight excluding hydrogens is 448 g/mol. The van der Waals surface area contributed by atoms with Gasteiger partial charge in [-0.15, -0.1) is 0 Å². The highest BCUT2D eigenvalue weighted by atomic mass is 16.6. The third kappa shape index (κ3) is 4.75. The van der Waals surface area contributed by atoms with E-state index in [1.165, 1.54) is 0 Å². The second-order valence-corrected chi connectivity index (χ2v) is 9.50. The maximum absolute atomic E-state index is 12.9. The van der Waals surface area contributed by atoms with Crippen LogP contribution in [0.3, 0.4) is 0 Å². The van der Waals surface area contributed by atoms with Crippen molar-refractivity contribution in [3.05, 3.63) is 59.7 Å². The van der Waals surface area contributed by atoms with Crippen LogP contribution in [0.25, 0.3) is 11.1 Å². The van der Waals surface area contributed by atoms with Gasteiger partial charge in [0, 0.05) is 18.6 Å². The maximum atomic E-state index is 12.9. The van der Waals surface area contributed by atoms with Gasteiger partial charge in [-0.05, 0) is 41.5 Å². The first-order valence-electron chi connectivity index (χ1n) is 12.3. The van der Waals surface area contributed by atoms with Gasteiger partial charge in [0.15, 0.2) is 6.10 Å². The Morgan fingerprint density at radius 2 is 1.54 bits per heavy atom. The summed E-state index contributed by atoms with van der Waals surface area (Å²) in [5.41, 5.74) is 4.56. The number of hydrogen-bond donors (Lipinski definition) is 3. The van der Waals surface area contributed by atoms with Gasteiger partial charge >= 0.3 is 12.1 Å². The van der Waals surface area contributed by atoms with Gasteiger partial charge in [-0.2, -0.15) is 0 Å². The van der Waals surface area contributed by atoms with Gasteiger partial charge in [-0.3, -0.25) is 9.59 Å². The molecule has 3 aliphatic rings. The smallest absolute Gasteiger partial charge is 0.407 e. The number of aliphatic carboxylic acids is 1. The molecule has 0 bridgehead atoms. The predicted octanol–water partition coefficient (Wildman–Crippen LogP) is 3.44. The zero-order chi connectivity index (χ0) is 24.4. The number of hydrogen-bond acceptors (Lipinski definition) is 5. The summed E-state index contributed by atoms with van der Waals surface area (Å²) in [6.45, 7) is 0.520. The highest BCUT2D eigenvalue weighted by Gasteiger charge is 2.39. The Kier molecular flexibility index (Phi) is 6.72. The lowest BCUT2D eigenvalue weighted by molar-refractivity contribution is -0.144. The molecule has 2 aliphatic carbocycles. The molecule has 1 heterocycles. The van der Waals surface area contributed by atoms with E-state index in [2.05, 4.69) is 34.9 Å². The van der Waals surface area contributed by atoms with Crippen molar-refractivity contribution < 1.29 is 29.0 Å². The number of fused-ring (bicyclic) bond motifs is 3. The third-order valence-corrected chi connectivity index (χ3v) is 7.41. The maximum Gasteiger partial charge on any atom is 0.407 e. The summed E-state index contributed by atoms with van der Waals surface area (Å²) < 4.78 is 11.2. The molecule has 8 nitrogen and oxygen atoms in total. The minimum atomic E-state index is -0.893. The van der Waals surface area contributed by atoms with Crippen LogP contribution in [0.1, 0.15) is 49.1 Å². The number of ether oxygens (including phenoxy) is 2. The highest BCUT2D eigenvalue weighted by molar-refractivity contribution is 5.84. The Labute approximate surface area is 204 Å². The number of benzene rings is 2. The van der Waals surface area contributed by atoms with Crippen LogP contribution in [0.5, 0.6) is 0 Å². The Hall–Kier alpha value is -3.39. The summed E-state index contributed by atoms with van der Waals surface area (Å²) >= 11 is 0. The minimum absolute atomic E-state index is 0.0497. The first-order chi connectivity index (χ1) is 17.0. The van der Waals surface area contributed by atoms with Crippen molar-refractivity contribution in [3.63, 3.8) is 0 Å². The molecule has 1 aliphatic heterocycles. The van der Waals surface area contributed by atoms with Crippen molar-refractivity contribution in [2.24, 2.45) is 5.92 Å². The lowest BCUT2D eigenvalue weighted by Crippen LogP contribution is -2.53. The molecule has 0 radical (unpaired) electrons. The molecule has 1 saturated heterocycles. The highest BCUT2D eigenvalue weighted by Crippen LogP contribution is 2.44. The van der Waals surface area contributed by atoms with Crippen LogP contribution < -0.4 is 10.6 Å². The van der Waals surface area contributed by atoms with Crippen LogP contribution in [-0.4, -0.2) is 54.5 Å². The molecule has 3 N–H and O–H groups in total. The number of carboxylic acids is 1. The second-order valence-electron chi connectivity index (χ2n) is 9.50. The molecule has 0 spiro atoms. The standard InChI is InChI=1S/C27H30N2O6/c30-25(28-22-12-6-5-11-20(22)26(31)32)24-23(13-14-34-24)29-27(33)35-15-21-18-9-3-1-7-16(18)17-8-2-4-10-19(17)21/h1-4,7-10,20-24H,5-6,11-15H2,(H,28,30)(H,29,33)(H,31,32)/t20?,22?,23-,24+/m1/s1. The van der Waals surface area contributed by atoms with E-state index in [0.717, 1.165) is 35.1 Å². The van der Waals surface area contributed by atoms with E-state index in [1.54, 1.807) is 0 Å². The molecule has 2 unspecified atom stereocenters. The zero-order valence-electron chi connectivity index (χ0n) is 19.4. The number of carboxylic acid groups (broad SMARTS) is 1. The molecule has 184 valence electrons. The number of alkyl carbamates (subject to hydrolysis) is 1. The molecule has 8 heteroatoms. The van der Waals surface area contributed by atoms with Crippen molar-refractivity contribution >= 4 is 18.0 Å². The van der Waals surface area contributed by atoms with Crippen molar-refractivity contribution in [1.82, 2.24) is 10.6 Å². The van der Waals surface area contributed by atoms with Crippen molar-refractivity contribution in [3.8, 4) is 11.1 Å². The number of nitrogens with one attached hydrogen (secondary N) is 2. The predicted molar refractivity (Wildman–Crippen MR) is 128 cm³/mol. The van der Waals surface area contributed by atoms with E-state index in [-0.39, 0.29) is 18.4 Å². The first kappa shape index (κ1) is 23.4. The van der Waals surface area contributed by atoms with Gasteiger partial charge in [0.1, 0.15) is 6.61 Å². The molecule has 2 aromatic rings. The third-order valence-electron chi connectivity index (χ3n) is 7.41.